The van der Waals surface area contributed by atoms with E-state index in [0.29, 0.717) is 54.9 Å². The van der Waals surface area contributed by atoms with Crippen molar-refractivity contribution in [1.29, 1.82) is 0 Å². The molecule has 1 aliphatic heterocycles. The van der Waals surface area contributed by atoms with Crippen molar-refractivity contribution in [2.75, 3.05) is 36.4 Å². The number of nitrogens with zero attached hydrogens (tertiary/aromatic N) is 6. The van der Waals surface area contributed by atoms with Crippen LogP contribution in [0.2, 0.25) is 5.02 Å². The van der Waals surface area contributed by atoms with Crippen LogP contribution in [-0.2, 0) is 20.6 Å². The predicted molar refractivity (Wildman–Crippen MR) is 145 cm³/mol. The van der Waals surface area contributed by atoms with Crippen molar-refractivity contribution < 1.29 is 4.79 Å². The summed E-state index contributed by atoms with van der Waals surface area (Å²) in [7, 11) is 3.08. The normalized spacial score (nSPS) is 13.8. The maximum Gasteiger partial charge on any atom is 0.332 e. The molecular weight excluding hydrogens is 494 g/mol. The highest BCUT2D eigenvalue weighted by Crippen LogP contribution is 2.23. The van der Waals surface area contributed by atoms with E-state index >= 15 is 0 Å². The summed E-state index contributed by atoms with van der Waals surface area (Å²) in [5.41, 5.74) is 2.67. The van der Waals surface area contributed by atoms with Gasteiger partial charge >= 0.3 is 11.7 Å². The summed E-state index contributed by atoms with van der Waals surface area (Å²) in [5.74, 6) is 0.585. The number of nitrogens with one attached hydrogen (secondary N) is 1. The van der Waals surface area contributed by atoms with Crippen molar-refractivity contribution in [3.05, 3.63) is 85.5 Å². The second kappa shape index (κ2) is 9.78. The Morgan fingerprint density at radius 1 is 0.946 bits per heavy atom. The quantitative estimate of drug-likeness (QED) is 0.445. The Bertz CT molecular complexity index is 1580. The molecule has 11 heteroatoms. The minimum absolute atomic E-state index is 0.158. The van der Waals surface area contributed by atoms with Crippen LogP contribution in [0.4, 0.5) is 16.4 Å². The lowest BCUT2D eigenvalue weighted by molar-refractivity contribution is 0.208. The molecular formula is C26H28ClN7O3. The summed E-state index contributed by atoms with van der Waals surface area (Å²) < 4.78 is 4.34. The number of aromatic nitrogens is 4. The van der Waals surface area contributed by atoms with Crippen molar-refractivity contribution in [3.8, 4) is 0 Å². The van der Waals surface area contributed by atoms with Gasteiger partial charge in [0.1, 0.15) is 0 Å². The van der Waals surface area contributed by atoms with E-state index in [1.54, 1.807) is 24.1 Å². The number of anilines is 2. The van der Waals surface area contributed by atoms with Crippen LogP contribution in [0.25, 0.3) is 11.2 Å². The smallest absolute Gasteiger partial charge is 0.332 e. The van der Waals surface area contributed by atoms with Gasteiger partial charge in [-0.05, 0) is 36.8 Å². The second-order valence-electron chi connectivity index (χ2n) is 9.27. The molecule has 10 nitrogen and oxygen atoms in total. The van der Waals surface area contributed by atoms with Gasteiger partial charge < -0.3 is 15.1 Å². The fourth-order valence-electron chi connectivity index (χ4n) is 4.55. The molecule has 0 unspecified atom stereocenters. The maximum atomic E-state index is 13.2. The SMILES string of the molecule is Cc1ccc(NC(=O)N2CCN(c3nc4c(c(=O)n(C)c(=O)n4C)n3Cc3ccc(Cl)cc3)CC2)cc1. The Labute approximate surface area is 218 Å². The fourth-order valence-corrected chi connectivity index (χ4v) is 4.67. The van der Waals surface area contributed by atoms with E-state index in [2.05, 4.69) is 10.2 Å². The first kappa shape index (κ1) is 24.6. The lowest BCUT2D eigenvalue weighted by Gasteiger charge is -2.35. The van der Waals surface area contributed by atoms with E-state index in [0.717, 1.165) is 21.4 Å². The standard InChI is InChI=1S/C26H28ClN7O3/c1-17-4-10-20(11-5-17)28-25(36)33-14-12-32(13-15-33)24-29-22-21(23(35)31(3)26(37)30(22)2)34(24)16-18-6-8-19(27)9-7-18/h4-11H,12-16H2,1-3H3,(H,28,36). The van der Waals surface area contributed by atoms with Gasteiger partial charge in [-0.15, -0.1) is 0 Å². The van der Waals surface area contributed by atoms with Gasteiger partial charge in [0, 0.05) is 51.0 Å². The van der Waals surface area contributed by atoms with Crippen LogP contribution in [0.3, 0.4) is 0 Å². The molecule has 4 aromatic rings. The van der Waals surface area contributed by atoms with Crippen molar-refractivity contribution in [1.82, 2.24) is 23.6 Å². The van der Waals surface area contributed by atoms with Gasteiger partial charge in [0.15, 0.2) is 11.2 Å². The molecule has 0 radical (unpaired) electrons. The topological polar surface area (TPSA) is 97.4 Å². The molecule has 0 atom stereocenters. The molecule has 0 spiro atoms. The number of fused-ring (bicyclic) bond motifs is 1. The summed E-state index contributed by atoms with van der Waals surface area (Å²) >= 11 is 6.07. The fraction of sp³-hybridized carbons (Fsp3) is 0.308. The number of amides is 2. The molecule has 0 saturated carbocycles. The second-order valence-corrected chi connectivity index (χ2v) is 9.71. The number of carbonyl (C=O) groups excluding carboxylic acids is 1. The van der Waals surface area contributed by atoms with Crippen molar-refractivity contribution in [2.24, 2.45) is 14.1 Å². The number of aryl methyl sites for hydroxylation is 2. The van der Waals surface area contributed by atoms with Crippen molar-refractivity contribution in [2.45, 2.75) is 13.5 Å². The number of carbonyl (C=O) groups is 1. The Balaban J connectivity index is 1.44. The van der Waals surface area contributed by atoms with Gasteiger partial charge in [-0.25, -0.2) is 9.59 Å². The summed E-state index contributed by atoms with van der Waals surface area (Å²) in [6, 6.07) is 14.9. The maximum absolute atomic E-state index is 13.2. The molecule has 0 aliphatic carbocycles. The van der Waals surface area contributed by atoms with E-state index in [9.17, 15) is 14.4 Å². The lowest BCUT2D eigenvalue weighted by atomic mass is 10.2. The third-order valence-corrected chi connectivity index (χ3v) is 6.99. The first-order valence-electron chi connectivity index (χ1n) is 12.0. The molecule has 3 heterocycles. The van der Waals surface area contributed by atoms with E-state index < -0.39 is 11.2 Å². The lowest BCUT2D eigenvalue weighted by Crippen LogP contribution is -2.50. The minimum atomic E-state index is -0.433. The monoisotopic (exact) mass is 521 g/mol. The highest BCUT2D eigenvalue weighted by Gasteiger charge is 2.27. The van der Waals surface area contributed by atoms with Gasteiger partial charge in [-0.1, -0.05) is 41.4 Å². The van der Waals surface area contributed by atoms with E-state index in [1.807, 2.05) is 47.9 Å². The van der Waals surface area contributed by atoms with E-state index in [1.165, 1.54) is 11.6 Å². The van der Waals surface area contributed by atoms with Gasteiger partial charge in [0.25, 0.3) is 5.56 Å². The largest absolute Gasteiger partial charge is 0.339 e. The molecule has 0 bridgehead atoms. The molecule has 2 amide bonds. The molecule has 2 aromatic heterocycles. The number of imidazole rings is 1. The Hall–Kier alpha value is -4.05. The summed E-state index contributed by atoms with van der Waals surface area (Å²) in [6.07, 6.45) is 0. The molecule has 2 aromatic carbocycles. The van der Waals surface area contributed by atoms with Crippen LogP contribution in [0.15, 0.2) is 58.1 Å². The first-order chi connectivity index (χ1) is 17.7. The Morgan fingerprint density at radius 2 is 1.59 bits per heavy atom. The third-order valence-electron chi connectivity index (χ3n) is 6.73. The van der Waals surface area contributed by atoms with E-state index in [4.69, 9.17) is 16.6 Å². The number of hydrogen-bond donors (Lipinski definition) is 1. The van der Waals surface area contributed by atoms with Crippen LogP contribution in [0.5, 0.6) is 0 Å². The Morgan fingerprint density at radius 3 is 2.24 bits per heavy atom. The van der Waals surface area contributed by atoms with Gasteiger partial charge in [0.2, 0.25) is 5.95 Å². The molecule has 1 N–H and O–H groups in total. The van der Waals surface area contributed by atoms with Gasteiger partial charge in [0.05, 0.1) is 6.54 Å². The highest BCUT2D eigenvalue weighted by atomic mass is 35.5. The summed E-state index contributed by atoms with van der Waals surface area (Å²) in [4.78, 5) is 47.1. The van der Waals surface area contributed by atoms with Gasteiger partial charge in [-0.2, -0.15) is 4.98 Å². The average Bonchev–Trinajstić information content (AvgIpc) is 3.28. The van der Waals surface area contributed by atoms with Crippen molar-refractivity contribution >= 4 is 40.4 Å². The average molecular weight is 522 g/mol. The zero-order chi connectivity index (χ0) is 26.3. The molecule has 37 heavy (non-hydrogen) atoms. The zero-order valence-electron chi connectivity index (χ0n) is 20.9. The molecule has 1 aliphatic rings. The first-order valence-corrected chi connectivity index (χ1v) is 12.4. The van der Waals surface area contributed by atoms with Crippen LogP contribution in [-0.4, -0.2) is 55.8 Å². The number of rotatable bonds is 4. The third kappa shape index (κ3) is 4.72. The summed E-state index contributed by atoms with van der Waals surface area (Å²) in [5, 5.41) is 3.57. The van der Waals surface area contributed by atoms with Crippen LogP contribution in [0.1, 0.15) is 11.1 Å². The summed E-state index contributed by atoms with van der Waals surface area (Å²) in [6.45, 7) is 4.40. The highest BCUT2D eigenvalue weighted by molar-refractivity contribution is 6.30. The molecule has 1 saturated heterocycles. The number of piperazine rings is 1. The Kier molecular flexibility index (Phi) is 6.51. The van der Waals surface area contributed by atoms with Crippen LogP contribution in [0, 0.1) is 6.92 Å². The number of benzene rings is 2. The van der Waals surface area contributed by atoms with Gasteiger partial charge in [-0.3, -0.25) is 18.5 Å². The number of halogens is 1. The predicted octanol–water partition coefficient (Wildman–Crippen LogP) is 2.80. The zero-order valence-corrected chi connectivity index (χ0v) is 21.7. The molecule has 5 rings (SSSR count). The van der Waals surface area contributed by atoms with Crippen LogP contribution < -0.4 is 21.5 Å². The minimum Gasteiger partial charge on any atom is -0.339 e. The van der Waals surface area contributed by atoms with E-state index in [-0.39, 0.29) is 6.03 Å². The molecule has 192 valence electrons. The number of hydrogen-bond acceptors (Lipinski definition) is 5. The number of urea groups is 1. The van der Waals surface area contributed by atoms with Crippen molar-refractivity contribution in [3.63, 3.8) is 0 Å². The molecule has 1 fully saturated rings. The van der Waals surface area contributed by atoms with Crippen LogP contribution >= 0.6 is 11.6 Å².